The van der Waals surface area contributed by atoms with E-state index in [4.69, 9.17) is 4.52 Å². The molecule has 3 heterocycles. The lowest BCUT2D eigenvalue weighted by Gasteiger charge is -2.20. The van der Waals surface area contributed by atoms with Gasteiger partial charge in [-0.2, -0.15) is 5.10 Å². The van der Waals surface area contributed by atoms with Crippen LogP contribution >= 0.6 is 0 Å². The number of ketones is 1. The SMILES string of the molecule is CC(=O)N(CC(=O)C(C)C)Cc1ccccn1.Cc1cnn(Cc2c(C)noc2C)c1. The van der Waals surface area contributed by atoms with Gasteiger partial charge in [-0.15, -0.1) is 0 Å². The largest absolute Gasteiger partial charge is 0.361 e. The highest BCUT2D eigenvalue weighted by atomic mass is 16.5. The van der Waals surface area contributed by atoms with Gasteiger partial charge in [0.15, 0.2) is 5.78 Å². The quantitative estimate of drug-likeness (QED) is 0.575. The van der Waals surface area contributed by atoms with Crippen molar-refractivity contribution >= 4 is 11.7 Å². The van der Waals surface area contributed by atoms with E-state index in [-0.39, 0.29) is 24.2 Å². The molecule has 31 heavy (non-hydrogen) atoms. The van der Waals surface area contributed by atoms with Gasteiger partial charge in [-0.25, -0.2) is 0 Å². The summed E-state index contributed by atoms with van der Waals surface area (Å²) in [6.07, 6.45) is 5.53. The molecule has 166 valence electrons. The summed E-state index contributed by atoms with van der Waals surface area (Å²) in [6.45, 7) is 12.3. The highest BCUT2D eigenvalue weighted by Crippen LogP contribution is 2.13. The van der Waals surface area contributed by atoms with E-state index in [2.05, 4.69) is 15.2 Å². The second-order valence-corrected chi connectivity index (χ2v) is 7.84. The van der Waals surface area contributed by atoms with E-state index in [0.29, 0.717) is 6.54 Å². The summed E-state index contributed by atoms with van der Waals surface area (Å²) in [7, 11) is 0. The topological polar surface area (TPSA) is 94.1 Å². The van der Waals surface area contributed by atoms with E-state index in [0.717, 1.165) is 34.8 Å². The van der Waals surface area contributed by atoms with Crippen molar-refractivity contribution < 1.29 is 14.1 Å². The van der Waals surface area contributed by atoms with Gasteiger partial charge >= 0.3 is 0 Å². The number of carbonyl (C=O) groups is 2. The minimum atomic E-state index is -0.107. The molecular weight excluding hydrogens is 394 g/mol. The van der Waals surface area contributed by atoms with Gasteiger partial charge < -0.3 is 9.42 Å². The lowest BCUT2D eigenvalue weighted by atomic mass is 10.1. The van der Waals surface area contributed by atoms with Crippen molar-refractivity contribution in [2.45, 2.75) is 54.6 Å². The number of rotatable bonds is 7. The van der Waals surface area contributed by atoms with E-state index in [1.165, 1.54) is 11.8 Å². The van der Waals surface area contributed by atoms with Crippen molar-refractivity contribution in [2.75, 3.05) is 6.54 Å². The van der Waals surface area contributed by atoms with E-state index in [1.54, 1.807) is 6.20 Å². The van der Waals surface area contributed by atoms with E-state index < -0.39 is 0 Å². The maximum atomic E-state index is 11.6. The summed E-state index contributed by atoms with van der Waals surface area (Å²) in [4.78, 5) is 28.8. The molecule has 0 spiro atoms. The fraction of sp³-hybridized carbons (Fsp3) is 0.435. The number of aromatic nitrogens is 4. The number of pyridine rings is 1. The molecule has 0 bridgehead atoms. The third-order valence-electron chi connectivity index (χ3n) is 4.78. The van der Waals surface area contributed by atoms with Crippen LogP contribution in [0.5, 0.6) is 0 Å². The molecule has 0 aliphatic carbocycles. The second kappa shape index (κ2) is 11.2. The normalized spacial score (nSPS) is 10.5. The van der Waals surface area contributed by atoms with Gasteiger partial charge in [-0.1, -0.05) is 25.1 Å². The van der Waals surface area contributed by atoms with Gasteiger partial charge in [0.1, 0.15) is 5.76 Å². The van der Waals surface area contributed by atoms with Crippen LogP contribution < -0.4 is 0 Å². The summed E-state index contributed by atoms with van der Waals surface area (Å²) in [6, 6.07) is 5.53. The van der Waals surface area contributed by atoms with Crippen LogP contribution in [-0.2, 0) is 22.7 Å². The highest BCUT2D eigenvalue weighted by molar-refractivity contribution is 5.86. The summed E-state index contributed by atoms with van der Waals surface area (Å²) in [5.74, 6) is 0.775. The Morgan fingerprint density at radius 3 is 2.42 bits per heavy atom. The molecule has 3 rings (SSSR count). The fourth-order valence-corrected chi connectivity index (χ4v) is 2.78. The Balaban J connectivity index is 0.000000224. The predicted molar refractivity (Wildman–Crippen MR) is 117 cm³/mol. The van der Waals surface area contributed by atoms with Crippen molar-refractivity contribution in [2.24, 2.45) is 5.92 Å². The number of Topliss-reactive ketones (excluding diaryl/α,β-unsaturated/α-hetero) is 1. The number of carbonyl (C=O) groups excluding carboxylic acids is 2. The van der Waals surface area contributed by atoms with Gasteiger partial charge in [-0.05, 0) is 38.5 Å². The molecule has 0 aliphatic rings. The molecule has 0 atom stereocenters. The lowest BCUT2D eigenvalue weighted by Crippen LogP contribution is -2.35. The molecule has 0 N–H and O–H groups in total. The Morgan fingerprint density at radius 1 is 1.19 bits per heavy atom. The molecule has 3 aromatic heterocycles. The first-order valence-electron chi connectivity index (χ1n) is 10.3. The Labute approximate surface area is 183 Å². The van der Waals surface area contributed by atoms with Crippen LogP contribution in [0, 0.1) is 26.7 Å². The molecule has 0 fully saturated rings. The molecule has 0 radical (unpaired) electrons. The predicted octanol–water partition coefficient (Wildman–Crippen LogP) is 3.50. The van der Waals surface area contributed by atoms with Gasteiger partial charge in [0.25, 0.3) is 0 Å². The third-order valence-corrected chi connectivity index (χ3v) is 4.78. The van der Waals surface area contributed by atoms with Crippen molar-refractivity contribution in [1.82, 2.24) is 24.8 Å². The molecular formula is C23H31N5O3. The fourth-order valence-electron chi connectivity index (χ4n) is 2.78. The molecule has 8 heteroatoms. The van der Waals surface area contributed by atoms with Gasteiger partial charge in [0, 0.05) is 30.8 Å². The number of amides is 1. The van der Waals surface area contributed by atoms with Crippen LogP contribution in [0.15, 0.2) is 41.3 Å². The Morgan fingerprint density at radius 2 is 1.94 bits per heavy atom. The zero-order chi connectivity index (χ0) is 23.0. The smallest absolute Gasteiger partial charge is 0.220 e. The summed E-state index contributed by atoms with van der Waals surface area (Å²) < 4.78 is 6.97. The van der Waals surface area contributed by atoms with Crippen molar-refractivity contribution in [1.29, 1.82) is 0 Å². The minimum Gasteiger partial charge on any atom is -0.361 e. The number of aryl methyl sites for hydroxylation is 3. The Bertz CT molecular complexity index is 972. The molecule has 0 saturated heterocycles. The summed E-state index contributed by atoms with van der Waals surface area (Å²) >= 11 is 0. The maximum absolute atomic E-state index is 11.6. The molecule has 0 aliphatic heterocycles. The molecule has 0 saturated carbocycles. The van der Waals surface area contributed by atoms with Crippen LogP contribution in [0.1, 0.15) is 49.0 Å². The standard InChI is InChI=1S/C13H18N2O2.C10H13N3O/c1-10(2)13(17)9-15(11(3)16)8-12-6-4-5-7-14-12;1-7-4-11-13(5-7)6-10-8(2)12-14-9(10)3/h4-7,10H,8-9H2,1-3H3;4-5H,6H2,1-3H3. The summed E-state index contributed by atoms with van der Waals surface area (Å²) in [5, 5.41) is 8.12. The first kappa shape index (κ1) is 24.0. The Hall–Kier alpha value is -3.29. The van der Waals surface area contributed by atoms with Crippen molar-refractivity contribution in [3.8, 4) is 0 Å². The van der Waals surface area contributed by atoms with E-state index >= 15 is 0 Å². The average molecular weight is 426 g/mol. The lowest BCUT2D eigenvalue weighted by molar-refractivity contribution is -0.135. The monoisotopic (exact) mass is 425 g/mol. The molecule has 0 aromatic carbocycles. The van der Waals surface area contributed by atoms with Crippen LogP contribution in [-0.4, -0.2) is 43.1 Å². The number of nitrogens with zero attached hydrogens (tertiary/aromatic N) is 5. The van der Waals surface area contributed by atoms with Crippen LogP contribution in [0.3, 0.4) is 0 Å². The Kier molecular flexibility index (Phi) is 8.66. The molecule has 8 nitrogen and oxygen atoms in total. The second-order valence-electron chi connectivity index (χ2n) is 7.84. The first-order chi connectivity index (χ1) is 14.7. The highest BCUT2D eigenvalue weighted by Gasteiger charge is 2.16. The number of hydrogen-bond acceptors (Lipinski definition) is 6. The van der Waals surface area contributed by atoms with Crippen LogP contribution in [0.2, 0.25) is 0 Å². The molecule has 1 amide bonds. The first-order valence-corrected chi connectivity index (χ1v) is 10.3. The van der Waals surface area contributed by atoms with Crippen LogP contribution in [0.4, 0.5) is 0 Å². The minimum absolute atomic E-state index is 0.0550. The summed E-state index contributed by atoms with van der Waals surface area (Å²) in [5.41, 5.74) is 4.01. The average Bonchev–Trinajstić information content (AvgIpc) is 3.28. The van der Waals surface area contributed by atoms with Gasteiger partial charge in [0.05, 0.1) is 37.2 Å². The van der Waals surface area contributed by atoms with Crippen molar-refractivity contribution in [3.63, 3.8) is 0 Å². The van der Waals surface area contributed by atoms with E-state index in [1.807, 2.05) is 69.9 Å². The third kappa shape index (κ3) is 7.47. The van der Waals surface area contributed by atoms with Gasteiger partial charge in [0.2, 0.25) is 5.91 Å². The van der Waals surface area contributed by atoms with E-state index in [9.17, 15) is 9.59 Å². The number of hydrogen-bond donors (Lipinski definition) is 0. The molecule has 3 aromatic rings. The van der Waals surface area contributed by atoms with Crippen molar-refractivity contribution in [3.05, 3.63) is 65.1 Å². The van der Waals surface area contributed by atoms with Crippen LogP contribution in [0.25, 0.3) is 0 Å². The zero-order valence-corrected chi connectivity index (χ0v) is 19.1. The van der Waals surface area contributed by atoms with Gasteiger partial charge in [-0.3, -0.25) is 19.3 Å². The maximum Gasteiger partial charge on any atom is 0.220 e. The zero-order valence-electron chi connectivity index (χ0n) is 19.1. The molecule has 0 unspecified atom stereocenters.